The van der Waals surface area contributed by atoms with E-state index in [0.717, 1.165) is 12.8 Å². The molecule has 0 aliphatic carbocycles. The van der Waals surface area contributed by atoms with Crippen molar-refractivity contribution in [1.29, 1.82) is 0 Å². The van der Waals surface area contributed by atoms with Crippen LogP contribution in [0.15, 0.2) is 18.2 Å². The maximum Gasteiger partial charge on any atom is 0.154 e. The smallest absolute Gasteiger partial charge is 0.154 e. The van der Waals surface area contributed by atoms with Crippen LogP contribution in [0.1, 0.15) is 37.3 Å². The Morgan fingerprint density at radius 2 is 1.83 bits per heavy atom. The SMILES string of the molecule is CCCCCS(=O)(=O)Cc1cc(F)cc(CN)c1. The fraction of sp³-hybridized carbons (Fsp3) is 0.538. The lowest BCUT2D eigenvalue weighted by Gasteiger charge is -2.06. The van der Waals surface area contributed by atoms with Gasteiger partial charge in [0.15, 0.2) is 9.84 Å². The summed E-state index contributed by atoms with van der Waals surface area (Å²) < 4.78 is 36.9. The topological polar surface area (TPSA) is 60.2 Å². The molecule has 0 aliphatic heterocycles. The van der Waals surface area contributed by atoms with Gasteiger partial charge in [0.1, 0.15) is 5.82 Å². The summed E-state index contributed by atoms with van der Waals surface area (Å²) in [5.74, 6) is -0.381. The van der Waals surface area contributed by atoms with Crippen LogP contribution in [-0.2, 0) is 22.1 Å². The Kier molecular flexibility index (Phi) is 5.75. The molecule has 1 aromatic carbocycles. The Balaban J connectivity index is 2.74. The van der Waals surface area contributed by atoms with E-state index in [1.165, 1.54) is 12.1 Å². The summed E-state index contributed by atoms with van der Waals surface area (Å²) in [6.07, 6.45) is 2.54. The highest BCUT2D eigenvalue weighted by atomic mass is 32.2. The van der Waals surface area contributed by atoms with Gasteiger partial charge >= 0.3 is 0 Å². The zero-order valence-electron chi connectivity index (χ0n) is 10.7. The third kappa shape index (κ3) is 5.14. The molecular formula is C13H20FNO2S. The predicted octanol–water partition coefficient (Wildman–Crippen LogP) is 2.39. The lowest BCUT2D eigenvalue weighted by molar-refractivity contribution is 0.589. The average molecular weight is 273 g/mol. The highest BCUT2D eigenvalue weighted by molar-refractivity contribution is 7.90. The molecule has 5 heteroatoms. The number of nitrogens with two attached hydrogens (primary N) is 1. The van der Waals surface area contributed by atoms with Crippen molar-refractivity contribution in [3.63, 3.8) is 0 Å². The monoisotopic (exact) mass is 273 g/mol. The van der Waals surface area contributed by atoms with Crippen LogP contribution in [0.5, 0.6) is 0 Å². The van der Waals surface area contributed by atoms with Crippen molar-refractivity contribution in [3.8, 4) is 0 Å². The van der Waals surface area contributed by atoms with Gasteiger partial charge in [0.05, 0.1) is 11.5 Å². The lowest BCUT2D eigenvalue weighted by Crippen LogP contribution is -2.10. The molecule has 0 bridgehead atoms. The van der Waals surface area contributed by atoms with Gasteiger partial charge in [-0.1, -0.05) is 25.8 Å². The number of unbranched alkanes of at least 4 members (excludes halogenated alkanes) is 2. The molecule has 0 amide bonds. The first-order chi connectivity index (χ1) is 8.46. The molecule has 0 heterocycles. The zero-order valence-corrected chi connectivity index (χ0v) is 11.5. The molecule has 102 valence electrons. The van der Waals surface area contributed by atoms with E-state index >= 15 is 0 Å². The normalized spacial score (nSPS) is 11.7. The zero-order chi connectivity index (χ0) is 13.6. The molecule has 0 radical (unpaired) electrons. The molecule has 0 aromatic heterocycles. The van der Waals surface area contributed by atoms with E-state index < -0.39 is 15.7 Å². The second kappa shape index (κ2) is 6.85. The van der Waals surface area contributed by atoms with Crippen molar-refractivity contribution in [3.05, 3.63) is 35.1 Å². The number of hydrogen-bond donors (Lipinski definition) is 1. The molecule has 1 aromatic rings. The van der Waals surface area contributed by atoms with Crippen molar-refractivity contribution >= 4 is 9.84 Å². The fourth-order valence-electron chi connectivity index (χ4n) is 1.82. The van der Waals surface area contributed by atoms with Crippen molar-refractivity contribution in [2.24, 2.45) is 5.73 Å². The van der Waals surface area contributed by atoms with Gasteiger partial charge in [0, 0.05) is 6.54 Å². The summed E-state index contributed by atoms with van der Waals surface area (Å²) in [6, 6.07) is 4.24. The number of sulfone groups is 1. The number of rotatable bonds is 7. The first kappa shape index (κ1) is 15.1. The Labute approximate surface area is 108 Å². The minimum Gasteiger partial charge on any atom is -0.326 e. The van der Waals surface area contributed by atoms with Gasteiger partial charge < -0.3 is 5.73 Å². The van der Waals surface area contributed by atoms with Crippen LogP contribution in [-0.4, -0.2) is 14.2 Å². The third-order valence-corrected chi connectivity index (χ3v) is 4.38. The van der Waals surface area contributed by atoms with Crippen LogP contribution in [0.3, 0.4) is 0 Å². The van der Waals surface area contributed by atoms with Crippen molar-refractivity contribution in [2.45, 2.75) is 38.5 Å². The molecule has 0 fully saturated rings. The first-order valence-electron chi connectivity index (χ1n) is 6.15. The summed E-state index contributed by atoms with van der Waals surface area (Å²) >= 11 is 0. The highest BCUT2D eigenvalue weighted by Crippen LogP contribution is 2.13. The van der Waals surface area contributed by atoms with E-state index in [0.29, 0.717) is 17.5 Å². The molecular weight excluding hydrogens is 253 g/mol. The Morgan fingerprint density at radius 1 is 1.17 bits per heavy atom. The van der Waals surface area contributed by atoms with Gasteiger partial charge in [-0.05, 0) is 29.7 Å². The van der Waals surface area contributed by atoms with E-state index in [9.17, 15) is 12.8 Å². The van der Waals surface area contributed by atoms with Gasteiger partial charge in [0.2, 0.25) is 0 Å². The van der Waals surface area contributed by atoms with Gasteiger partial charge in [0.25, 0.3) is 0 Å². The average Bonchev–Trinajstić information content (AvgIpc) is 2.27. The van der Waals surface area contributed by atoms with E-state index in [2.05, 4.69) is 0 Å². The highest BCUT2D eigenvalue weighted by Gasteiger charge is 2.12. The summed E-state index contributed by atoms with van der Waals surface area (Å²) in [7, 11) is -3.16. The molecule has 0 aliphatic rings. The summed E-state index contributed by atoms with van der Waals surface area (Å²) in [4.78, 5) is 0. The van der Waals surface area contributed by atoms with Crippen LogP contribution in [0, 0.1) is 5.82 Å². The van der Waals surface area contributed by atoms with Crippen molar-refractivity contribution in [2.75, 3.05) is 5.75 Å². The largest absolute Gasteiger partial charge is 0.326 e. The molecule has 0 unspecified atom stereocenters. The van der Waals surface area contributed by atoms with E-state index in [1.807, 2.05) is 6.92 Å². The Morgan fingerprint density at radius 3 is 2.44 bits per heavy atom. The Bertz CT molecular complexity index is 486. The third-order valence-electron chi connectivity index (χ3n) is 2.70. The van der Waals surface area contributed by atoms with Crippen LogP contribution in [0.4, 0.5) is 4.39 Å². The van der Waals surface area contributed by atoms with Crippen LogP contribution < -0.4 is 5.73 Å². The first-order valence-corrected chi connectivity index (χ1v) is 7.98. The van der Waals surface area contributed by atoms with Crippen LogP contribution in [0.2, 0.25) is 0 Å². The van der Waals surface area contributed by atoms with E-state index in [-0.39, 0.29) is 18.1 Å². The maximum absolute atomic E-state index is 13.2. The number of halogens is 1. The van der Waals surface area contributed by atoms with E-state index in [1.54, 1.807) is 6.07 Å². The minimum absolute atomic E-state index is 0.110. The van der Waals surface area contributed by atoms with Crippen LogP contribution >= 0.6 is 0 Å². The van der Waals surface area contributed by atoms with Gasteiger partial charge in [-0.25, -0.2) is 12.8 Å². The second-order valence-corrected chi connectivity index (χ2v) is 6.66. The van der Waals surface area contributed by atoms with Gasteiger partial charge in [-0.3, -0.25) is 0 Å². The summed E-state index contributed by atoms with van der Waals surface area (Å²) in [6.45, 7) is 2.23. The van der Waals surface area contributed by atoms with Gasteiger partial charge in [-0.15, -0.1) is 0 Å². The fourth-order valence-corrected chi connectivity index (χ4v) is 3.28. The van der Waals surface area contributed by atoms with Gasteiger partial charge in [-0.2, -0.15) is 0 Å². The predicted molar refractivity (Wildman–Crippen MR) is 71.3 cm³/mol. The molecule has 0 saturated carbocycles. The number of benzene rings is 1. The molecule has 2 N–H and O–H groups in total. The molecule has 0 spiro atoms. The quantitative estimate of drug-likeness (QED) is 0.776. The lowest BCUT2D eigenvalue weighted by atomic mass is 10.1. The molecule has 3 nitrogen and oxygen atoms in total. The molecule has 18 heavy (non-hydrogen) atoms. The van der Waals surface area contributed by atoms with Crippen molar-refractivity contribution < 1.29 is 12.8 Å². The molecule has 0 atom stereocenters. The Hall–Kier alpha value is -0.940. The summed E-state index contributed by atoms with van der Waals surface area (Å²) in [5.41, 5.74) is 6.53. The summed E-state index contributed by atoms with van der Waals surface area (Å²) in [5, 5.41) is 0. The van der Waals surface area contributed by atoms with E-state index in [4.69, 9.17) is 5.73 Å². The maximum atomic E-state index is 13.2. The van der Waals surface area contributed by atoms with Crippen LogP contribution in [0.25, 0.3) is 0 Å². The van der Waals surface area contributed by atoms with Crippen molar-refractivity contribution in [1.82, 2.24) is 0 Å². The minimum atomic E-state index is -3.16. The molecule has 0 saturated heterocycles. The standard InChI is InChI=1S/C13H20FNO2S/c1-2-3-4-5-18(16,17)10-12-6-11(9-15)7-13(14)8-12/h6-8H,2-5,9-10,15H2,1H3. The second-order valence-electron chi connectivity index (χ2n) is 4.47. The number of hydrogen-bond acceptors (Lipinski definition) is 3. The molecule has 1 rings (SSSR count).